The van der Waals surface area contributed by atoms with Crippen molar-refractivity contribution in [2.75, 3.05) is 45.2 Å². The molecule has 60 heavy (non-hydrogen) atoms. The lowest BCUT2D eigenvalue weighted by molar-refractivity contribution is -0.160. The largest absolute Gasteiger partial charge is 0.507 e. The third kappa shape index (κ3) is 8.97. The highest BCUT2D eigenvalue weighted by Gasteiger charge is 2.50. The summed E-state index contributed by atoms with van der Waals surface area (Å²) in [5, 5.41) is 67.0. The van der Waals surface area contributed by atoms with Crippen LogP contribution in [0.25, 0.3) is 10.8 Å². The number of hydrazone groups is 1. The van der Waals surface area contributed by atoms with Crippen LogP contribution in [0.5, 0.6) is 23.0 Å². The Morgan fingerprint density at radius 2 is 1.63 bits per heavy atom. The number of hydrogen-bond acceptors (Lipinski definition) is 15. The Hall–Kier alpha value is -5.16. The van der Waals surface area contributed by atoms with Crippen molar-refractivity contribution in [1.82, 2.24) is 9.91 Å². The highest BCUT2D eigenvalue weighted by atomic mass is 16.7. The number of Topliss-reactive ketones (excluding diaryl/α,β-unsaturated/α-hetero) is 1. The van der Waals surface area contributed by atoms with Crippen LogP contribution >= 0.6 is 0 Å². The zero-order valence-electron chi connectivity index (χ0n) is 36.1. The van der Waals surface area contributed by atoms with E-state index in [2.05, 4.69) is 22.2 Å². The number of aromatic hydroxyl groups is 3. The summed E-state index contributed by atoms with van der Waals surface area (Å²) in [6.45, 7) is 18.1. The normalized spacial score (nSPS) is 29.8. The highest BCUT2D eigenvalue weighted by Crippen LogP contribution is 2.55. The summed E-state index contributed by atoms with van der Waals surface area (Å²) < 4.78 is 23.6. The molecule has 1 amide bonds. The zero-order valence-corrected chi connectivity index (χ0v) is 36.1. The number of nitrogens with zero attached hydrogens (tertiary/aromatic N) is 3. The lowest BCUT2D eigenvalue weighted by Crippen LogP contribution is -2.46. The minimum Gasteiger partial charge on any atom is -0.507 e. The number of hydrogen-bond donors (Lipinski definition) is 6. The molecule has 5 bridgehead atoms. The van der Waals surface area contributed by atoms with Crippen LogP contribution in [0.3, 0.4) is 0 Å². The molecule has 9 unspecified atom stereocenters. The molecule has 6 N–H and O–H groups in total. The number of amides is 1. The van der Waals surface area contributed by atoms with Gasteiger partial charge in [-0.15, -0.1) is 0 Å². The number of ketones is 1. The molecule has 16 nitrogen and oxygen atoms in total. The van der Waals surface area contributed by atoms with Crippen molar-refractivity contribution < 1.29 is 58.9 Å². The number of piperazine rings is 1. The number of carbonyl (C=O) groups is 3. The minimum absolute atomic E-state index is 0.0572. The van der Waals surface area contributed by atoms with E-state index < -0.39 is 88.8 Å². The fourth-order valence-corrected chi connectivity index (χ4v) is 8.18. The number of phenols is 3. The van der Waals surface area contributed by atoms with Crippen molar-refractivity contribution in [2.45, 2.75) is 92.5 Å². The van der Waals surface area contributed by atoms with E-state index in [-0.39, 0.29) is 44.5 Å². The van der Waals surface area contributed by atoms with Crippen LogP contribution in [-0.4, -0.2) is 129 Å². The van der Waals surface area contributed by atoms with Crippen LogP contribution in [-0.2, 0) is 23.8 Å². The number of aliphatic hydroxyl groups is 2. The molecule has 0 aliphatic carbocycles. The van der Waals surface area contributed by atoms with Gasteiger partial charge >= 0.3 is 11.8 Å². The van der Waals surface area contributed by atoms with Gasteiger partial charge in [0, 0.05) is 87.3 Å². The molecular weight excluding hydrogens is 776 g/mol. The number of esters is 1. The number of aliphatic hydroxyl groups excluding tert-OH is 2. The van der Waals surface area contributed by atoms with Crippen molar-refractivity contribution in [3.05, 3.63) is 52.8 Å². The Bertz CT molecular complexity index is 2090. The Morgan fingerprint density at radius 1 is 0.967 bits per heavy atom. The lowest BCUT2D eigenvalue weighted by atomic mass is 9.78. The van der Waals surface area contributed by atoms with E-state index in [1.807, 2.05) is 0 Å². The molecule has 6 rings (SSSR count). The first-order valence-corrected chi connectivity index (χ1v) is 20.4. The zero-order chi connectivity index (χ0) is 44.4. The quantitative estimate of drug-likeness (QED) is 0.104. The molecule has 16 heteroatoms. The van der Waals surface area contributed by atoms with Crippen LogP contribution in [0, 0.1) is 30.6 Å². The molecule has 0 radical (unpaired) electrons. The number of likely N-dealkylation sites (N-methyl/N-ethyl adjacent to an activating group) is 1. The Labute approximate surface area is 350 Å². The van der Waals surface area contributed by atoms with Crippen molar-refractivity contribution in [3.63, 3.8) is 0 Å². The van der Waals surface area contributed by atoms with Gasteiger partial charge in [0.05, 0.1) is 53.0 Å². The predicted octanol–water partition coefficient (Wildman–Crippen LogP) is 4.73. The topological polar surface area (TPSA) is 220 Å². The van der Waals surface area contributed by atoms with Crippen LogP contribution in [0.15, 0.2) is 41.2 Å². The summed E-state index contributed by atoms with van der Waals surface area (Å²) in [7, 11) is 1.44. The van der Waals surface area contributed by atoms with Gasteiger partial charge in [0.15, 0.2) is 5.75 Å². The fourth-order valence-electron chi connectivity index (χ4n) is 8.18. The molecule has 0 aromatic heterocycles. The van der Waals surface area contributed by atoms with E-state index >= 15 is 0 Å². The number of anilines is 1. The predicted molar refractivity (Wildman–Crippen MR) is 225 cm³/mol. The minimum atomic E-state index is -2.04. The third-order valence-electron chi connectivity index (χ3n) is 12.2. The number of carbonyl (C=O) groups excluding carboxylic acids is 3. The molecule has 2 aromatic carbocycles. The van der Waals surface area contributed by atoms with E-state index in [0.29, 0.717) is 13.1 Å². The molecule has 1 saturated heterocycles. The van der Waals surface area contributed by atoms with Gasteiger partial charge in [-0.2, -0.15) is 5.10 Å². The van der Waals surface area contributed by atoms with Crippen molar-refractivity contribution in [1.29, 1.82) is 0 Å². The molecule has 4 aliphatic heterocycles. The summed E-state index contributed by atoms with van der Waals surface area (Å²) in [4.78, 5) is 42.8. The van der Waals surface area contributed by atoms with Crippen molar-refractivity contribution in [2.24, 2.45) is 28.8 Å². The van der Waals surface area contributed by atoms with E-state index in [4.69, 9.17) is 18.9 Å². The van der Waals surface area contributed by atoms with Gasteiger partial charge in [0.1, 0.15) is 23.4 Å². The standard InChI is InChI=1S/C44H60N4O12/c1-11-47-16-18-48(19-17-47)45-21-29-34-39(54)32-31(38(29)53)33-41(27(7)37(32)52)60-44(9,42(33)55)58-20-15-30(57-10)24(4)40(59-28(8)49)26(6)36(51)25(5)35(50)22(2)13-12-14-23(3)43(56)46-34/h12-15,20-22,24-26,30,35-36,40,50-54H,11,16-19H2,1-10H3,(H,46,56)/b13-12?,20-15?,23-14?,45-21+. The summed E-state index contributed by atoms with van der Waals surface area (Å²) >= 11 is 0. The number of benzene rings is 2. The fraction of sp³-hybridized carbons (Fsp3) is 0.545. The van der Waals surface area contributed by atoms with Gasteiger partial charge in [-0.3, -0.25) is 24.3 Å². The van der Waals surface area contributed by atoms with Gasteiger partial charge < -0.3 is 49.8 Å². The van der Waals surface area contributed by atoms with Crippen molar-refractivity contribution >= 4 is 40.3 Å². The number of fused-ring (bicyclic) bond motifs is 14. The van der Waals surface area contributed by atoms with E-state index in [1.54, 1.807) is 44.9 Å². The first kappa shape index (κ1) is 45.9. The first-order chi connectivity index (χ1) is 28.3. The van der Waals surface area contributed by atoms with Gasteiger partial charge in [-0.1, -0.05) is 52.8 Å². The van der Waals surface area contributed by atoms with Gasteiger partial charge in [-0.05, 0) is 26.5 Å². The highest BCUT2D eigenvalue weighted by molar-refractivity contribution is 6.23. The maximum atomic E-state index is 14.5. The number of rotatable bonds is 5. The molecule has 0 saturated carbocycles. The maximum Gasteiger partial charge on any atom is 0.312 e. The second-order valence-corrected chi connectivity index (χ2v) is 16.3. The Balaban J connectivity index is 1.70. The molecule has 1 fully saturated rings. The van der Waals surface area contributed by atoms with Gasteiger partial charge in [-0.25, -0.2) is 0 Å². The molecule has 4 heterocycles. The number of methoxy groups -OCH3 is 1. The number of nitrogens with one attached hydrogen (secondary N) is 1. The SMILES string of the molecule is CCN1CCN(/N=C/c2c3c(O)c4c(O)c(C)c5c(c4c2O)C(=O)C(C)(OC=CC(OC)C(C)C(OC(C)=O)C(C)C(O)C(C)C(O)C(C)C=CC=C(C)C(=O)N3)O5)CC1. The summed E-state index contributed by atoms with van der Waals surface area (Å²) in [6, 6.07) is 0. The van der Waals surface area contributed by atoms with Crippen LogP contribution in [0.4, 0.5) is 5.69 Å². The average Bonchev–Trinajstić information content (AvgIpc) is 3.49. The summed E-state index contributed by atoms with van der Waals surface area (Å²) in [5.41, 5.74) is -0.339. The molecular formula is C44H60N4O12. The first-order valence-electron chi connectivity index (χ1n) is 20.4. The van der Waals surface area contributed by atoms with Gasteiger partial charge in [0.25, 0.3) is 11.7 Å². The Morgan fingerprint density at radius 3 is 2.25 bits per heavy atom. The monoisotopic (exact) mass is 836 g/mol. The molecule has 9 atom stereocenters. The van der Waals surface area contributed by atoms with E-state index in [9.17, 15) is 39.9 Å². The smallest absolute Gasteiger partial charge is 0.312 e. The summed E-state index contributed by atoms with van der Waals surface area (Å²) in [6.07, 6.45) is 4.88. The molecule has 328 valence electrons. The van der Waals surface area contributed by atoms with Gasteiger partial charge in [0.2, 0.25) is 0 Å². The van der Waals surface area contributed by atoms with E-state index in [1.165, 1.54) is 59.4 Å². The number of allylic oxidation sites excluding steroid dienone is 2. The average molecular weight is 837 g/mol. The molecule has 4 aliphatic rings. The van der Waals surface area contributed by atoms with Crippen molar-refractivity contribution in [3.8, 4) is 23.0 Å². The number of phenolic OH excluding ortho intramolecular Hbond substituents is 3. The van der Waals surface area contributed by atoms with Crippen LogP contribution < -0.4 is 10.1 Å². The van der Waals surface area contributed by atoms with Crippen LogP contribution in [0.1, 0.15) is 76.9 Å². The van der Waals surface area contributed by atoms with Crippen LogP contribution in [0.2, 0.25) is 0 Å². The van der Waals surface area contributed by atoms with E-state index in [0.717, 1.165) is 19.6 Å². The second kappa shape index (κ2) is 18.6. The molecule has 0 spiro atoms. The lowest BCUT2D eigenvalue weighted by Gasteiger charge is -2.38. The third-order valence-corrected chi connectivity index (χ3v) is 12.2. The maximum absolute atomic E-state index is 14.5. The summed E-state index contributed by atoms with van der Waals surface area (Å²) in [5.74, 6) is -8.33. The Kier molecular flexibility index (Phi) is 14.3. The second-order valence-electron chi connectivity index (χ2n) is 16.3. The molecule has 2 aromatic rings. The number of ether oxygens (including phenoxy) is 4.